The lowest BCUT2D eigenvalue weighted by molar-refractivity contribution is -0.127. The molecule has 5 nitrogen and oxygen atoms in total. The molecule has 1 amide bonds. The summed E-state index contributed by atoms with van der Waals surface area (Å²) in [5.74, 6) is 0.987. The van der Waals surface area contributed by atoms with Crippen molar-refractivity contribution in [1.29, 1.82) is 0 Å². The smallest absolute Gasteiger partial charge is 0.349 e. The summed E-state index contributed by atoms with van der Waals surface area (Å²) in [7, 11) is 0. The van der Waals surface area contributed by atoms with Crippen molar-refractivity contribution in [3.63, 3.8) is 0 Å². The van der Waals surface area contributed by atoms with Gasteiger partial charge in [0.05, 0.1) is 6.54 Å². The van der Waals surface area contributed by atoms with Crippen LogP contribution in [-0.2, 0) is 4.79 Å². The Balaban J connectivity index is 2.65. The van der Waals surface area contributed by atoms with Gasteiger partial charge < -0.3 is 15.2 Å². The van der Waals surface area contributed by atoms with Gasteiger partial charge in [0.15, 0.2) is 11.0 Å². The van der Waals surface area contributed by atoms with E-state index in [2.05, 4.69) is 11.2 Å². The molecule has 0 aliphatic rings. The van der Waals surface area contributed by atoms with Gasteiger partial charge in [-0.05, 0) is 18.4 Å². The molecule has 0 saturated heterocycles. The van der Waals surface area contributed by atoms with Crippen molar-refractivity contribution < 1.29 is 19.4 Å². The first-order valence-corrected chi connectivity index (χ1v) is 5.62. The second-order valence-electron chi connectivity index (χ2n) is 3.10. The Kier molecular flexibility index (Phi) is 4.55. The third kappa shape index (κ3) is 3.50. The van der Waals surface area contributed by atoms with Gasteiger partial charge in [0, 0.05) is 0 Å². The van der Waals surface area contributed by atoms with Gasteiger partial charge in [0.25, 0.3) is 5.91 Å². The molecule has 0 bridgehead atoms. The van der Waals surface area contributed by atoms with Crippen LogP contribution in [0.15, 0.2) is 11.4 Å². The normalized spacial score (nSPS) is 11.3. The van der Waals surface area contributed by atoms with Crippen LogP contribution < -0.4 is 10.1 Å². The third-order valence-electron chi connectivity index (χ3n) is 1.86. The number of carboxylic acid groups (broad SMARTS) is 1. The highest BCUT2D eigenvalue weighted by Gasteiger charge is 2.19. The van der Waals surface area contributed by atoms with E-state index in [1.165, 1.54) is 13.0 Å². The minimum Gasteiger partial charge on any atom is -0.479 e. The second-order valence-corrected chi connectivity index (χ2v) is 4.02. The molecule has 2 N–H and O–H groups in total. The van der Waals surface area contributed by atoms with E-state index >= 15 is 0 Å². The number of carboxylic acids is 1. The van der Waals surface area contributed by atoms with E-state index in [1.54, 1.807) is 5.38 Å². The molecule has 0 saturated carbocycles. The van der Waals surface area contributed by atoms with Gasteiger partial charge in [-0.3, -0.25) is 4.79 Å². The summed E-state index contributed by atoms with van der Waals surface area (Å²) in [6, 6.07) is 1.51. The minimum atomic E-state index is -1.08. The molecule has 1 unspecified atom stereocenters. The van der Waals surface area contributed by atoms with Crippen LogP contribution in [0.1, 0.15) is 16.6 Å². The van der Waals surface area contributed by atoms with Crippen LogP contribution in [0, 0.1) is 12.3 Å². The monoisotopic (exact) mass is 253 g/mol. The van der Waals surface area contributed by atoms with Crippen molar-refractivity contribution in [3.05, 3.63) is 16.3 Å². The average molecular weight is 253 g/mol. The zero-order valence-corrected chi connectivity index (χ0v) is 9.91. The lowest BCUT2D eigenvalue weighted by atomic mass is 10.3. The number of hydrogen-bond acceptors (Lipinski definition) is 4. The molecule has 0 radical (unpaired) electrons. The summed E-state index contributed by atoms with van der Waals surface area (Å²) >= 11 is 1.04. The van der Waals surface area contributed by atoms with Gasteiger partial charge in [-0.25, -0.2) is 4.79 Å². The molecule has 1 rings (SSSR count). The van der Waals surface area contributed by atoms with Crippen molar-refractivity contribution in [1.82, 2.24) is 5.32 Å². The molecule has 0 aliphatic heterocycles. The van der Waals surface area contributed by atoms with E-state index in [9.17, 15) is 9.59 Å². The number of rotatable bonds is 5. The summed E-state index contributed by atoms with van der Waals surface area (Å²) in [6.07, 6.45) is 4.20. The Morgan fingerprint density at radius 3 is 3.00 bits per heavy atom. The lowest BCUT2D eigenvalue weighted by Gasteiger charge is -2.13. The molecule has 1 heterocycles. The van der Waals surface area contributed by atoms with Crippen LogP contribution in [0.3, 0.4) is 0 Å². The number of nitrogens with one attached hydrogen (secondary N) is 1. The SMILES string of the molecule is C#CCNC(=O)C(C)Oc1ccsc1C(=O)O. The zero-order valence-electron chi connectivity index (χ0n) is 9.10. The molecule has 6 heteroatoms. The fraction of sp³-hybridized carbons (Fsp3) is 0.273. The quantitative estimate of drug-likeness (QED) is 0.766. The van der Waals surface area contributed by atoms with Gasteiger partial charge in [0.1, 0.15) is 5.75 Å². The largest absolute Gasteiger partial charge is 0.479 e. The predicted molar refractivity (Wildman–Crippen MR) is 63.2 cm³/mol. The summed E-state index contributed by atoms with van der Waals surface area (Å²) < 4.78 is 5.25. The maximum absolute atomic E-state index is 11.4. The summed E-state index contributed by atoms with van der Waals surface area (Å²) in [5.41, 5.74) is 0. The van der Waals surface area contributed by atoms with E-state index in [0.29, 0.717) is 0 Å². The molecule has 1 aromatic heterocycles. The Morgan fingerprint density at radius 1 is 1.71 bits per heavy atom. The molecule has 1 aromatic rings. The Morgan fingerprint density at radius 2 is 2.41 bits per heavy atom. The fourth-order valence-electron chi connectivity index (χ4n) is 1.07. The average Bonchev–Trinajstić information content (AvgIpc) is 2.73. The maximum atomic E-state index is 11.4. The van der Waals surface area contributed by atoms with Crippen LogP contribution in [0.2, 0.25) is 0 Å². The van der Waals surface area contributed by atoms with Crippen LogP contribution in [0.5, 0.6) is 5.75 Å². The Labute approximate surface area is 102 Å². The standard InChI is InChI=1S/C11H11NO4S/c1-3-5-12-10(13)7(2)16-8-4-6-17-9(8)11(14)15/h1,4,6-7H,5H2,2H3,(H,12,13)(H,14,15). The number of amides is 1. The van der Waals surface area contributed by atoms with Crippen LogP contribution >= 0.6 is 11.3 Å². The van der Waals surface area contributed by atoms with Gasteiger partial charge in [0.2, 0.25) is 0 Å². The number of ether oxygens (including phenoxy) is 1. The second kappa shape index (κ2) is 5.92. The molecular formula is C11H11NO4S. The number of carbonyl (C=O) groups is 2. The summed E-state index contributed by atoms with van der Waals surface area (Å²) in [6.45, 7) is 1.64. The first-order chi connectivity index (χ1) is 8.06. The first kappa shape index (κ1) is 13.1. The van der Waals surface area contributed by atoms with Gasteiger partial charge in [-0.15, -0.1) is 17.8 Å². The van der Waals surface area contributed by atoms with Crippen LogP contribution in [0.4, 0.5) is 0 Å². The molecule has 0 spiro atoms. The van der Waals surface area contributed by atoms with Crippen LogP contribution in [-0.4, -0.2) is 29.6 Å². The highest BCUT2D eigenvalue weighted by Crippen LogP contribution is 2.25. The molecule has 90 valence electrons. The molecule has 1 atom stereocenters. The molecule has 17 heavy (non-hydrogen) atoms. The van der Waals surface area contributed by atoms with Crippen molar-refractivity contribution in [2.24, 2.45) is 0 Å². The van der Waals surface area contributed by atoms with Crippen molar-refractivity contribution in [3.8, 4) is 18.1 Å². The molecule has 0 aromatic carbocycles. The maximum Gasteiger partial charge on any atom is 0.349 e. The third-order valence-corrected chi connectivity index (χ3v) is 2.74. The lowest BCUT2D eigenvalue weighted by Crippen LogP contribution is -2.36. The van der Waals surface area contributed by atoms with Crippen molar-refractivity contribution >= 4 is 23.2 Å². The van der Waals surface area contributed by atoms with Gasteiger partial charge >= 0.3 is 5.97 Å². The zero-order chi connectivity index (χ0) is 12.8. The van der Waals surface area contributed by atoms with E-state index in [-0.39, 0.29) is 23.1 Å². The van der Waals surface area contributed by atoms with Crippen molar-refractivity contribution in [2.45, 2.75) is 13.0 Å². The fourth-order valence-corrected chi connectivity index (χ4v) is 1.73. The van der Waals surface area contributed by atoms with E-state index in [4.69, 9.17) is 16.3 Å². The summed E-state index contributed by atoms with van der Waals surface area (Å²) in [4.78, 5) is 22.3. The minimum absolute atomic E-state index is 0.0709. The number of terminal acetylenes is 1. The Bertz CT molecular complexity index is 460. The number of hydrogen-bond donors (Lipinski definition) is 2. The predicted octanol–water partition coefficient (Wildman–Crippen LogP) is 0.963. The van der Waals surface area contributed by atoms with Gasteiger partial charge in [-0.1, -0.05) is 5.92 Å². The highest BCUT2D eigenvalue weighted by molar-refractivity contribution is 7.12. The van der Waals surface area contributed by atoms with E-state index in [1.807, 2.05) is 0 Å². The molecule has 0 aliphatic carbocycles. The number of aromatic carboxylic acids is 1. The van der Waals surface area contributed by atoms with Crippen molar-refractivity contribution in [2.75, 3.05) is 6.54 Å². The van der Waals surface area contributed by atoms with Gasteiger partial charge in [-0.2, -0.15) is 0 Å². The van der Waals surface area contributed by atoms with E-state index in [0.717, 1.165) is 11.3 Å². The molecule has 0 fully saturated rings. The number of carbonyl (C=O) groups excluding carboxylic acids is 1. The Hall–Kier alpha value is -2.00. The first-order valence-electron chi connectivity index (χ1n) is 4.75. The number of thiophene rings is 1. The highest BCUT2D eigenvalue weighted by atomic mass is 32.1. The summed E-state index contributed by atoms with van der Waals surface area (Å²) in [5, 5.41) is 12.9. The van der Waals surface area contributed by atoms with E-state index < -0.39 is 12.1 Å². The molecular weight excluding hydrogens is 242 g/mol. The topological polar surface area (TPSA) is 75.6 Å². The van der Waals surface area contributed by atoms with Crippen LogP contribution in [0.25, 0.3) is 0 Å².